The number of benzene rings is 1. The number of amides is 1. The van der Waals surface area contributed by atoms with Gasteiger partial charge in [0.1, 0.15) is 5.82 Å². The minimum atomic E-state index is 0.119. The monoisotopic (exact) mass is 351 g/mol. The second-order valence-electron chi connectivity index (χ2n) is 6.57. The summed E-state index contributed by atoms with van der Waals surface area (Å²) in [6.45, 7) is 2.65. The molecule has 4 rings (SSSR count). The zero-order chi connectivity index (χ0) is 17.4. The van der Waals surface area contributed by atoms with Gasteiger partial charge in [-0.05, 0) is 25.3 Å². The maximum absolute atomic E-state index is 13.4. The Morgan fingerprint density at radius 1 is 1.32 bits per heavy atom. The van der Waals surface area contributed by atoms with Crippen molar-refractivity contribution in [1.29, 1.82) is 0 Å². The van der Waals surface area contributed by atoms with E-state index in [-0.39, 0.29) is 5.91 Å². The van der Waals surface area contributed by atoms with Crippen molar-refractivity contribution >= 4 is 17.2 Å². The van der Waals surface area contributed by atoms with Crippen molar-refractivity contribution in [3.05, 3.63) is 64.4 Å². The predicted molar refractivity (Wildman–Crippen MR) is 101 cm³/mol. The summed E-state index contributed by atoms with van der Waals surface area (Å²) in [6.07, 6.45) is 5.88. The Balaban J connectivity index is 1.69. The van der Waals surface area contributed by atoms with Gasteiger partial charge in [-0.1, -0.05) is 30.3 Å². The van der Waals surface area contributed by atoms with E-state index in [9.17, 15) is 4.79 Å². The third-order valence-corrected chi connectivity index (χ3v) is 5.66. The number of carbonyl (C=O) groups is 1. The maximum atomic E-state index is 13.4. The van der Waals surface area contributed by atoms with Crippen LogP contribution in [0.3, 0.4) is 0 Å². The van der Waals surface area contributed by atoms with Crippen LogP contribution in [0.1, 0.15) is 33.9 Å². The summed E-state index contributed by atoms with van der Waals surface area (Å²) in [5.41, 5.74) is 2.99. The fourth-order valence-electron chi connectivity index (χ4n) is 3.18. The van der Waals surface area contributed by atoms with Crippen molar-refractivity contribution in [2.75, 3.05) is 0 Å². The van der Waals surface area contributed by atoms with E-state index >= 15 is 0 Å². The van der Waals surface area contributed by atoms with Gasteiger partial charge in [-0.3, -0.25) is 4.79 Å². The molecule has 2 aromatic heterocycles. The minimum absolute atomic E-state index is 0.119. The van der Waals surface area contributed by atoms with Crippen LogP contribution in [0.5, 0.6) is 0 Å². The van der Waals surface area contributed by atoms with Crippen LogP contribution in [-0.2, 0) is 13.6 Å². The van der Waals surface area contributed by atoms with Crippen molar-refractivity contribution in [2.24, 2.45) is 7.05 Å². The Bertz CT molecular complexity index is 893. The Labute approximate surface area is 151 Å². The Morgan fingerprint density at radius 2 is 2.08 bits per heavy atom. The highest BCUT2D eigenvalue weighted by atomic mass is 32.1. The number of hydrogen-bond acceptors (Lipinski definition) is 3. The number of rotatable bonds is 5. The van der Waals surface area contributed by atoms with Crippen LogP contribution in [0.25, 0.3) is 11.1 Å². The van der Waals surface area contributed by atoms with Crippen LogP contribution >= 0.6 is 11.3 Å². The second-order valence-corrected chi connectivity index (χ2v) is 7.65. The number of aromatic nitrogens is 2. The van der Waals surface area contributed by atoms with Crippen molar-refractivity contribution in [1.82, 2.24) is 14.5 Å². The largest absolute Gasteiger partial charge is 0.337 e. The molecule has 1 fully saturated rings. The summed E-state index contributed by atoms with van der Waals surface area (Å²) in [7, 11) is 1.97. The van der Waals surface area contributed by atoms with Gasteiger partial charge in [-0.15, -0.1) is 11.3 Å². The van der Waals surface area contributed by atoms with Crippen LogP contribution in [-0.4, -0.2) is 26.4 Å². The Morgan fingerprint density at radius 3 is 2.72 bits per heavy atom. The molecule has 0 aliphatic heterocycles. The third-order valence-electron chi connectivity index (χ3n) is 4.75. The van der Waals surface area contributed by atoms with Crippen molar-refractivity contribution < 1.29 is 4.79 Å². The molecule has 25 heavy (non-hydrogen) atoms. The number of carbonyl (C=O) groups excluding carboxylic acids is 1. The highest BCUT2D eigenvalue weighted by Crippen LogP contribution is 2.36. The molecule has 4 nitrogen and oxygen atoms in total. The molecule has 0 unspecified atom stereocenters. The van der Waals surface area contributed by atoms with Crippen LogP contribution in [0, 0.1) is 6.92 Å². The third kappa shape index (κ3) is 3.12. The van der Waals surface area contributed by atoms with Crippen LogP contribution in [0.4, 0.5) is 0 Å². The zero-order valence-corrected chi connectivity index (χ0v) is 15.3. The van der Waals surface area contributed by atoms with Crippen LogP contribution in [0.2, 0.25) is 0 Å². The molecule has 1 aromatic carbocycles. The van der Waals surface area contributed by atoms with Gasteiger partial charge in [0, 0.05) is 41.3 Å². The predicted octanol–water partition coefficient (Wildman–Crippen LogP) is 4.26. The molecule has 1 amide bonds. The lowest BCUT2D eigenvalue weighted by atomic mass is 10.0. The molecule has 0 bridgehead atoms. The van der Waals surface area contributed by atoms with E-state index < -0.39 is 0 Å². The summed E-state index contributed by atoms with van der Waals surface area (Å²) < 4.78 is 1.99. The van der Waals surface area contributed by atoms with E-state index in [4.69, 9.17) is 0 Å². The summed E-state index contributed by atoms with van der Waals surface area (Å²) in [6, 6.07) is 10.5. The summed E-state index contributed by atoms with van der Waals surface area (Å²) in [4.78, 5) is 20.9. The molecule has 0 N–H and O–H groups in total. The molecule has 1 saturated carbocycles. The molecule has 1 aliphatic rings. The number of thiophene rings is 1. The van der Waals surface area contributed by atoms with Gasteiger partial charge in [0.05, 0.1) is 12.1 Å². The first kappa shape index (κ1) is 16.1. The van der Waals surface area contributed by atoms with E-state index in [0.717, 1.165) is 35.4 Å². The Kier molecular flexibility index (Phi) is 4.17. The number of imidazole rings is 1. The molecule has 5 heteroatoms. The van der Waals surface area contributed by atoms with Crippen molar-refractivity contribution in [2.45, 2.75) is 32.4 Å². The maximum Gasteiger partial charge on any atom is 0.255 e. The average molecular weight is 351 g/mol. The highest BCUT2D eigenvalue weighted by molar-refractivity contribution is 7.10. The number of hydrogen-bond donors (Lipinski definition) is 0. The van der Waals surface area contributed by atoms with Gasteiger partial charge in [0.25, 0.3) is 5.91 Å². The molecule has 1 aliphatic carbocycles. The zero-order valence-electron chi connectivity index (χ0n) is 14.5. The minimum Gasteiger partial charge on any atom is -0.337 e. The highest BCUT2D eigenvalue weighted by Gasteiger charge is 2.35. The molecular formula is C20H21N3OS. The van der Waals surface area contributed by atoms with Gasteiger partial charge in [-0.2, -0.15) is 0 Å². The fourth-order valence-corrected chi connectivity index (χ4v) is 4.04. The van der Waals surface area contributed by atoms with E-state index in [1.54, 1.807) is 17.5 Å². The summed E-state index contributed by atoms with van der Waals surface area (Å²) in [5, 5.41) is 2.01. The molecule has 2 heterocycles. The summed E-state index contributed by atoms with van der Waals surface area (Å²) >= 11 is 1.65. The van der Waals surface area contributed by atoms with Crippen LogP contribution < -0.4 is 0 Å². The van der Waals surface area contributed by atoms with Crippen molar-refractivity contribution in [3.63, 3.8) is 0 Å². The SMILES string of the molecule is Cc1scc(C(=O)N(Cc2nccn2C)C2CC2)c1-c1ccccc1. The van der Waals surface area contributed by atoms with Gasteiger partial charge in [-0.25, -0.2) is 4.98 Å². The first-order valence-corrected chi connectivity index (χ1v) is 9.44. The molecule has 0 spiro atoms. The molecular weight excluding hydrogens is 330 g/mol. The molecule has 0 atom stereocenters. The van der Waals surface area contributed by atoms with Gasteiger partial charge < -0.3 is 9.47 Å². The summed E-state index contributed by atoms with van der Waals surface area (Å²) in [5.74, 6) is 1.04. The number of nitrogens with zero attached hydrogens (tertiary/aromatic N) is 3. The van der Waals surface area contributed by atoms with E-state index in [2.05, 4.69) is 24.0 Å². The van der Waals surface area contributed by atoms with E-state index in [1.807, 2.05) is 46.3 Å². The fraction of sp³-hybridized carbons (Fsp3) is 0.300. The number of aryl methyl sites for hydroxylation is 2. The van der Waals surface area contributed by atoms with E-state index in [0.29, 0.717) is 12.6 Å². The lowest BCUT2D eigenvalue weighted by Crippen LogP contribution is -2.33. The normalized spacial score (nSPS) is 13.8. The quantitative estimate of drug-likeness (QED) is 0.689. The first-order chi connectivity index (χ1) is 12.1. The molecule has 0 radical (unpaired) electrons. The topological polar surface area (TPSA) is 38.1 Å². The van der Waals surface area contributed by atoms with Crippen LogP contribution in [0.15, 0.2) is 48.1 Å². The standard InChI is InChI=1S/C20H21N3OS/c1-14-19(15-6-4-3-5-7-15)17(13-25-14)20(24)23(16-8-9-16)12-18-21-10-11-22(18)2/h3-7,10-11,13,16H,8-9,12H2,1-2H3. The first-order valence-electron chi connectivity index (χ1n) is 8.56. The second kappa shape index (κ2) is 6.48. The molecule has 0 saturated heterocycles. The lowest BCUT2D eigenvalue weighted by Gasteiger charge is -2.22. The average Bonchev–Trinajstić information content (AvgIpc) is 3.28. The Hall–Kier alpha value is -2.40. The molecule has 3 aromatic rings. The van der Waals surface area contributed by atoms with Crippen molar-refractivity contribution in [3.8, 4) is 11.1 Å². The lowest BCUT2D eigenvalue weighted by molar-refractivity contribution is 0.0725. The van der Waals surface area contributed by atoms with Gasteiger partial charge in [0.15, 0.2) is 0 Å². The smallest absolute Gasteiger partial charge is 0.255 e. The van der Waals surface area contributed by atoms with Gasteiger partial charge >= 0.3 is 0 Å². The van der Waals surface area contributed by atoms with E-state index in [1.165, 1.54) is 4.88 Å². The van der Waals surface area contributed by atoms with Gasteiger partial charge in [0.2, 0.25) is 0 Å². The molecule has 128 valence electrons.